The van der Waals surface area contributed by atoms with Crippen molar-refractivity contribution in [3.63, 3.8) is 0 Å². The molecule has 1 aromatic heterocycles. The van der Waals surface area contributed by atoms with Crippen LogP contribution in [0, 0.1) is 0 Å². The van der Waals surface area contributed by atoms with E-state index in [1.165, 1.54) is 12.8 Å². The van der Waals surface area contributed by atoms with Crippen molar-refractivity contribution in [3.8, 4) is 0 Å². The van der Waals surface area contributed by atoms with Crippen molar-refractivity contribution < 1.29 is 4.79 Å². The third kappa shape index (κ3) is 4.09. The minimum atomic E-state index is 0.0239. The number of aromatic nitrogens is 1. The van der Waals surface area contributed by atoms with Crippen molar-refractivity contribution in [3.05, 3.63) is 59.9 Å². The van der Waals surface area contributed by atoms with Crippen LogP contribution >= 0.6 is 0 Å². The van der Waals surface area contributed by atoms with E-state index in [0.29, 0.717) is 18.2 Å². The van der Waals surface area contributed by atoms with Gasteiger partial charge in [-0.25, -0.2) is 0 Å². The van der Waals surface area contributed by atoms with Gasteiger partial charge in [-0.05, 0) is 38.3 Å². The number of carbonyl (C=O) groups is 1. The molecule has 4 heteroatoms. The molecule has 1 heterocycles. The average molecular weight is 309 g/mol. The second kappa shape index (κ2) is 6.82. The number of rotatable bonds is 6. The molecule has 1 saturated carbocycles. The van der Waals surface area contributed by atoms with Crippen LogP contribution in [0.15, 0.2) is 48.8 Å². The Balaban J connectivity index is 1.77. The largest absolute Gasteiger partial charge is 0.381 e. The summed E-state index contributed by atoms with van der Waals surface area (Å²) in [7, 11) is 0. The summed E-state index contributed by atoms with van der Waals surface area (Å²) in [5.41, 5.74) is 2.71. The van der Waals surface area contributed by atoms with E-state index in [2.05, 4.69) is 10.3 Å². The van der Waals surface area contributed by atoms with E-state index < -0.39 is 0 Å². The first-order chi connectivity index (χ1) is 11.1. The third-order valence-corrected chi connectivity index (χ3v) is 4.01. The van der Waals surface area contributed by atoms with Gasteiger partial charge in [-0.15, -0.1) is 0 Å². The van der Waals surface area contributed by atoms with Gasteiger partial charge in [0.15, 0.2) is 0 Å². The smallest absolute Gasteiger partial charge is 0.256 e. The first kappa shape index (κ1) is 15.5. The van der Waals surface area contributed by atoms with Gasteiger partial charge in [0.25, 0.3) is 5.91 Å². The lowest BCUT2D eigenvalue weighted by molar-refractivity contribution is 0.0690. The van der Waals surface area contributed by atoms with Gasteiger partial charge in [0.05, 0.1) is 11.3 Å². The fourth-order valence-corrected chi connectivity index (χ4v) is 2.53. The fraction of sp³-hybridized carbons (Fsp3) is 0.368. The van der Waals surface area contributed by atoms with Gasteiger partial charge in [-0.2, -0.15) is 0 Å². The maximum absolute atomic E-state index is 12.9. The summed E-state index contributed by atoms with van der Waals surface area (Å²) in [6.45, 7) is 4.69. The van der Waals surface area contributed by atoms with Gasteiger partial charge in [0.2, 0.25) is 0 Å². The van der Waals surface area contributed by atoms with E-state index in [0.717, 1.165) is 11.3 Å². The molecule has 1 fully saturated rings. The maximum atomic E-state index is 12.9. The summed E-state index contributed by atoms with van der Waals surface area (Å²) in [4.78, 5) is 19.0. The van der Waals surface area contributed by atoms with E-state index in [-0.39, 0.29) is 11.9 Å². The lowest BCUT2D eigenvalue weighted by Gasteiger charge is -2.27. The predicted octanol–water partition coefficient (Wildman–Crippen LogP) is 3.71. The SMILES string of the molecule is CC(C)N(Cc1ccccc1)C(=O)c1cncc(NC2CC2)c1. The van der Waals surface area contributed by atoms with Crippen LogP contribution in [-0.4, -0.2) is 27.9 Å². The summed E-state index contributed by atoms with van der Waals surface area (Å²) in [5, 5.41) is 3.40. The summed E-state index contributed by atoms with van der Waals surface area (Å²) in [6, 6.07) is 12.7. The van der Waals surface area contributed by atoms with E-state index >= 15 is 0 Å². The number of hydrogen-bond donors (Lipinski definition) is 1. The minimum Gasteiger partial charge on any atom is -0.381 e. The molecule has 1 aromatic carbocycles. The van der Waals surface area contributed by atoms with Crippen LogP contribution < -0.4 is 5.32 Å². The maximum Gasteiger partial charge on any atom is 0.256 e. The highest BCUT2D eigenvalue weighted by atomic mass is 16.2. The molecule has 1 amide bonds. The molecule has 0 bridgehead atoms. The molecule has 1 aliphatic carbocycles. The summed E-state index contributed by atoms with van der Waals surface area (Å²) in [6.07, 6.45) is 5.83. The van der Waals surface area contributed by atoms with Gasteiger partial charge in [0, 0.05) is 31.0 Å². The molecule has 23 heavy (non-hydrogen) atoms. The van der Waals surface area contributed by atoms with Gasteiger partial charge >= 0.3 is 0 Å². The van der Waals surface area contributed by atoms with Gasteiger partial charge in [-0.1, -0.05) is 30.3 Å². The van der Waals surface area contributed by atoms with Crippen molar-refractivity contribution in [1.82, 2.24) is 9.88 Å². The van der Waals surface area contributed by atoms with Crippen LogP contribution in [0.4, 0.5) is 5.69 Å². The Morgan fingerprint density at radius 3 is 2.65 bits per heavy atom. The number of hydrogen-bond acceptors (Lipinski definition) is 3. The van der Waals surface area contributed by atoms with Crippen LogP contribution in [0.25, 0.3) is 0 Å². The zero-order chi connectivity index (χ0) is 16.2. The number of anilines is 1. The Morgan fingerprint density at radius 1 is 1.26 bits per heavy atom. The Hall–Kier alpha value is -2.36. The highest BCUT2D eigenvalue weighted by Gasteiger charge is 2.23. The number of benzene rings is 1. The standard InChI is InChI=1S/C19H23N3O/c1-14(2)22(13-15-6-4-3-5-7-15)19(23)16-10-18(12-20-11-16)21-17-8-9-17/h3-7,10-12,14,17,21H,8-9,13H2,1-2H3. The number of carbonyl (C=O) groups excluding carboxylic acids is 1. The van der Waals surface area contributed by atoms with Crippen LogP contribution in [0.2, 0.25) is 0 Å². The molecule has 0 saturated heterocycles. The Morgan fingerprint density at radius 2 is 2.00 bits per heavy atom. The van der Waals surface area contributed by atoms with Crippen LogP contribution in [0.1, 0.15) is 42.6 Å². The van der Waals surface area contributed by atoms with Gasteiger partial charge in [0.1, 0.15) is 0 Å². The highest BCUT2D eigenvalue weighted by Crippen LogP contribution is 2.25. The third-order valence-electron chi connectivity index (χ3n) is 4.01. The minimum absolute atomic E-state index is 0.0239. The van der Waals surface area contributed by atoms with E-state index in [9.17, 15) is 4.79 Å². The van der Waals surface area contributed by atoms with Crippen molar-refractivity contribution in [2.45, 2.75) is 45.3 Å². The zero-order valence-electron chi connectivity index (χ0n) is 13.7. The molecule has 4 nitrogen and oxygen atoms in total. The zero-order valence-corrected chi connectivity index (χ0v) is 13.7. The Labute approximate surface area is 137 Å². The summed E-state index contributed by atoms with van der Waals surface area (Å²) < 4.78 is 0. The molecule has 1 aliphatic rings. The van der Waals surface area contributed by atoms with Crippen molar-refractivity contribution in [2.75, 3.05) is 5.32 Å². The van der Waals surface area contributed by atoms with E-state index in [4.69, 9.17) is 0 Å². The van der Waals surface area contributed by atoms with Crippen LogP contribution in [-0.2, 0) is 6.54 Å². The fourth-order valence-electron chi connectivity index (χ4n) is 2.53. The summed E-state index contributed by atoms with van der Waals surface area (Å²) >= 11 is 0. The Kier molecular flexibility index (Phi) is 4.60. The molecule has 2 aromatic rings. The topological polar surface area (TPSA) is 45.2 Å². The molecule has 0 radical (unpaired) electrons. The monoisotopic (exact) mass is 309 g/mol. The first-order valence-corrected chi connectivity index (χ1v) is 8.20. The number of nitrogens with zero attached hydrogens (tertiary/aromatic N) is 2. The summed E-state index contributed by atoms with van der Waals surface area (Å²) in [5.74, 6) is 0.0239. The van der Waals surface area contributed by atoms with Gasteiger partial charge < -0.3 is 10.2 Å². The first-order valence-electron chi connectivity index (χ1n) is 8.20. The highest BCUT2D eigenvalue weighted by molar-refractivity contribution is 5.95. The number of nitrogens with one attached hydrogen (secondary N) is 1. The molecule has 0 atom stereocenters. The molecule has 3 rings (SSSR count). The second-order valence-corrected chi connectivity index (χ2v) is 6.39. The molecule has 120 valence electrons. The number of amides is 1. The van der Waals surface area contributed by atoms with Crippen molar-refractivity contribution >= 4 is 11.6 Å². The molecule has 0 aliphatic heterocycles. The van der Waals surface area contributed by atoms with Crippen LogP contribution in [0.3, 0.4) is 0 Å². The molecule has 1 N–H and O–H groups in total. The normalized spacial score (nSPS) is 13.9. The quantitative estimate of drug-likeness (QED) is 0.885. The number of pyridine rings is 1. The lowest BCUT2D eigenvalue weighted by Crippen LogP contribution is -2.36. The second-order valence-electron chi connectivity index (χ2n) is 6.39. The molecular formula is C19H23N3O. The van der Waals surface area contributed by atoms with E-state index in [1.807, 2.05) is 55.1 Å². The van der Waals surface area contributed by atoms with Gasteiger partial charge in [-0.3, -0.25) is 9.78 Å². The Bertz CT molecular complexity index is 665. The molecule has 0 unspecified atom stereocenters. The lowest BCUT2D eigenvalue weighted by atomic mass is 10.1. The average Bonchev–Trinajstić information content (AvgIpc) is 3.37. The van der Waals surface area contributed by atoms with E-state index in [1.54, 1.807) is 12.4 Å². The van der Waals surface area contributed by atoms with Crippen molar-refractivity contribution in [1.29, 1.82) is 0 Å². The van der Waals surface area contributed by atoms with Crippen LogP contribution in [0.5, 0.6) is 0 Å². The predicted molar refractivity (Wildman–Crippen MR) is 92.3 cm³/mol. The molecule has 0 spiro atoms. The van der Waals surface area contributed by atoms with Crippen molar-refractivity contribution in [2.24, 2.45) is 0 Å². The molecular weight excluding hydrogens is 286 g/mol.